The first-order valence-electron chi connectivity index (χ1n) is 11.9. The number of carbonyl (C=O) groups excluding carboxylic acids is 1. The molecule has 0 spiro atoms. The number of fused-ring (bicyclic) bond motifs is 1. The third-order valence-corrected chi connectivity index (χ3v) is 7.28. The molecule has 0 amide bonds. The van der Waals surface area contributed by atoms with Gasteiger partial charge in [0.15, 0.2) is 0 Å². The van der Waals surface area contributed by atoms with Crippen LogP contribution in [-0.2, 0) is 21.4 Å². The summed E-state index contributed by atoms with van der Waals surface area (Å²) in [4.78, 5) is 16.2. The summed E-state index contributed by atoms with van der Waals surface area (Å²) >= 11 is 0. The van der Waals surface area contributed by atoms with Gasteiger partial charge in [-0.05, 0) is 48.6 Å². The highest BCUT2D eigenvalue weighted by atomic mass is 16.5. The molecule has 0 radical (unpaired) electrons. The zero-order valence-electron chi connectivity index (χ0n) is 19.2. The van der Waals surface area contributed by atoms with Crippen LogP contribution in [0.15, 0.2) is 84.9 Å². The van der Waals surface area contributed by atoms with E-state index in [9.17, 15) is 4.79 Å². The van der Waals surface area contributed by atoms with Crippen molar-refractivity contribution in [3.8, 4) is 5.75 Å². The predicted molar refractivity (Wildman–Crippen MR) is 129 cm³/mol. The molecule has 0 aromatic heterocycles. The van der Waals surface area contributed by atoms with Crippen molar-refractivity contribution in [1.82, 2.24) is 4.90 Å². The van der Waals surface area contributed by atoms with Crippen molar-refractivity contribution in [1.29, 1.82) is 0 Å². The molecule has 0 N–H and O–H groups in total. The standard InChI is InChI=1S/C29H31NO3/c1-32-28(31)29(23-12-4-2-5-13-23,24-14-6-3-7-15-24)27-17-10-19-30(27)20-18-25-21-22-11-8-9-16-26(22)33-25/h2-9,11-16,25,27H,10,17-21H2,1H3/t25-,27?/m1/s1. The quantitative estimate of drug-likeness (QED) is 0.484. The van der Waals surface area contributed by atoms with Crippen molar-refractivity contribution in [3.05, 3.63) is 102 Å². The highest BCUT2D eigenvalue weighted by Gasteiger charge is 2.53. The molecule has 0 saturated carbocycles. The van der Waals surface area contributed by atoms with Crippen LogP contribution in [0.3, 0.4) is 0 Å². The summed E-state index contributed by atoms with van der Waals surface area (Å²) in [5, 5.41) is 0. The number of para-hydroxylation sites is 1. The number of esters is 1. The zero-order chi connectivity index (χ0) is 22.7. The van der Waals surface area contributed by atoms with E-state index in [4.69, 9.17) is 9.47 Å². The van der Waals surface area contributed by atoms with Gasteiger partial charge < -0.3 is 9.47 Å². The van der Waals surface area contributed by atoms with Crippen molar-refractivity contribution >= 4 is 5.97 Å². The molecule has 33 heavy (non-hydrogen) atoms. The van der Waals surface area contributed by atoms with E-state index in [2.05, 4.69) is 47.4 Å². The fraction of sp³-hybridized carbons (Fsp3) is 0.345. The molecule has 1 unspecified atom stereocenters. The Morgan fingerprint density at radius 1 is 0.970 bits per heavy atom. The van der Waals surface area contributed by atoms with Gasteiger partial charge in [0.25, 0.3) is 0 Å². The summed E-state index contributed by atoms with van der Waals surface area (Å²) in [6.07, 6.45) is 4.09. The molecule has 4 nitrogen and oxygen atoms in total. The highest BCUT2D eigenvalue weighted by Crippen LogP contribution is 2.43. The monoisotopic (exact) mass is 441 g/mol. The van der Waals surface area contributed by atoms with Gasteiger partial charge in [-0.2, -0.15) is 0 Å². The topological polar surface area (TPSA) is 38.8 Å². The van der Waals surface area contributed by atoms with Crippen LogP contribution in [0.25, 0.3) is 0 Å². The molecule has 5 rings (SSSR count). The number of hydrogen-bond acceptors (Lipinski definition) is 4. The highest BCUT2D eigenvalue weighted by molar-refractivity contribution is 5.89. The summed E-state index contributed by atoms with van der Waals surface area (Å²) < 4.78 is 11.7. The van der Waals surface area contributed by atoms with Crippen molar-refractivity contribution in [3.63, 3.8) is 0 Å². The number of nitrogens with zero attached hydrogens (tertiary/aromatic N) is 1. The molecule has 1 saturated heterocycles. The molecule has 0 aliphatic carbocycles. The van der Waals surface area contributed by atoms with Crippen LogP contribution in [0.2, 0.25) is 0 Å². The lowest BCUT2D eigenvalue weighted by molar-refractivity contribution is -0.148. The van der Waals surface area contributed by atoms with E-state index in [-0.39, 0.29) is 18.1 Å². The number of hydrogen-bond donors (Lipinski definition) is 0. The molecule has 4 heteroatoms. The second kappa shape index (κ2) is 9.40. The molecule has 0 bridgehead atoms. The number of ether oxygens (including phenoxy) is 2. The fourth-order valence-corrected chi connectivity index (χ4v) is 5.80. The molecule has 1 fully saturated rings. The van der Waals surface area contributed by atoms with Crippen molar-refractivity contribution in [2.45, 2.75) is 43.2 Å². The summed E-state index contributed by atoms with van der Waals surface area (Å²) in [5.74, 6) is 0.819. The summed E-state index contributed by atoms with van der Waals surface area (Å²) in [7, 11) is 1.51. The van der Waals surface area contributed by atoms with E-state index < -0.39 is 5.41 Å². The summed E-state index contributed by atoms with van der Waals surface area (Å²) in [5.41, 5.74) is 2.40. The number of methoxy groups -OCH3 is 1. The Morgan fingerprint density at radius 3 is 2.24 bits per heavy atom. The normalized spacial score (nSPS) is 20.3. The molecule has 2 atom stereocenters. The molecule has 2 aliphatic heterocycles. The van der Waals surface area contributed by atoms with E-state index in [1.807, 2.05) is 42.5 Å². The number of benzene rings is 3. The maximum absolute atomic E-state index is 13.7. The first kappa shape index (κ1) is 21.7. The van der Waals surface area contributed by atoms with Gasteiger partial charge in [0, 0.05) is 19.0 Å². The van der Waals surface area contributed by atoms with Crippen molar-refractivity contribution in [2.24, 2.45) is 0 Å². The minimum absolute atomic E-state index is 0.0264. The first-order valence-corrected chi connectivity index (χ1v) is 11.9. The molecule has 3 aromatic rings. The van der Waals surface area contributed by atoms with Gasteiger partial charge >= 0.3 is 5.97 Å². The fourth-order valence-electron chi connectivity index (χ4n) is 5.80. The van der Waals surface area contributed by atoms with Crippen LogP contribution in [0, 0.1) is 0 Å². The summed E-state index contributed by atoms with van der Waals surface area (Å²) in [6.45, 7) is 1.87. The lowest BCUT2D eigenvalue weighted by Crippen LogP contribution is -2.54. The predicted octanol–water partition coefficient (Wildman–Crippen LogP) is 5.00. The van der Waals surface area contributed by atoms with Crippen LogP contribution >= 0.6 is 0 Å². The first-order chi connectivity index (χ1) is 16.2. The second-order valence-corrected chi connectivity index (χ2v) is 9.07. The van der Waals surface area contributed by atoms with E-state index in [1.165, 1.54) is 12.7 Å². The lowest BCUT2D eigenvalue weighted by Gasteiger charge is -2.42. The Labute approximate surface area is 196 Å². The van der Waals surface area contributed by atoms with E-state index in [0.717, 1.165) is 55.6 Å². The largest absolute Gasteiger partial charge is 0.490 e. The van der Waals surface area contributed by atoms with Gasteiger partial charge in [-0.15, -0.1) is 0 Å². The van der Waals surface area contributed by atoms with Crippen LogP contribution in [-0.4, -0.2) is 43.2 Å². The average Bonchev–Trinajstić information content (AvgIpc) is 3.51. The minimum atomic E-state index is -0.868. The van der Waals surface area contributed by atoms with E-state index >= 15 is 0 Å². The lowest BCUT2D eigenvalue weighted by atomic mass is 9.68. The van der Waals surface area contributed by atoms with Crippen LogP contribution in [0.1, 0.15) is 36.0 Å². The maximum Gasteiger partial charge on any atom is 0.322 e. The van der Waals surface area contributed by atoms with Gasteiger partial charge in [-0.25, -0.2) is 0 Å². The Hall–Kier alpha value is -3.11. The van der Waals surface area contributed by atoms with Gasteiger partial charge in [-0.3, -0.25) is 9.69 Å². The SMILES string of the molecule is COC(=O)C(c1ccccc1)(c1ccccc1)C1CCCN1CC[C@@H]1Cc2ccccc2O1. The molecule has 170 valence electrons. The third kappa shape index (κ3) is 3.93. The smallest absolute Gasteiger partial charge is 0.322 e. The van der Waals surface area contributed by atoms with Crippen molar-refractivity contribution in [2.75, 3.05) is 20.2 Å². The molecule has 2 aliphatic rings. The number of likely N-dealkylation sites (tertiary alicyclic amines) is 1. The Balaban J connectivity index is 1.46. The van der Waals surface area contributed by atoms with Crippen molar-refractivity contribution < 1.29 is 14.3 Å². The molecular formula is C29H31NO3. The Morgan fingerprint density at radius 2 is 1.61 bits per heavy atom. The van der Waals surface area contributed by atoms with E-state index in [0.29, 0.717) is 0 Å². The zero-order valence-corrected chi connectivity index (χ0v) is 19.2. The third-order valence-electron chi connectivity index (χ3n) is 7.28. The minimum Gasteiger partial charge on any atom is -0.490 e. The second-order valence-electron chi connectivity index (χ2n) is 9.07. The van der Waals surface area contributed by atoms with Crippen LogP contribution in [0.5, 0.6) is 5.75 Å². The molecule has 3 aromatic carbocycles. The summed E-state index contributed by atoms with van der Waals surface area (Å²) in [6, 6.07) is 28.7. The number of rotatable bonds is 7. The van der Waals surface area contributed by atoms with E-state index in [1.54, 1.807) is 0 Å². The van der Waals surface area contributed by atoms with Crippen LogP contribution < -0.4 is 4.74 Å². The van der Waals surface area contributed by atoms with Gasteiger partial charge in [-0.1, -0.05) is 78.9 Å². The molecule has 2 heterocycles. The van der Waals surface area contributed by atoms with Gasteiger partial charge in [0.1, 0.15) is 17.3 Å². The maximum atomic E-state index is 13.7. The van der Waals surface area contributed by atoms with Gasteiger partial charge in [0.05, 0.1) is 7.11 Å². The Kier molecular flexibility index (Phi) is 6.19. The average molecular weight is 442 g/mol. The Bertz CT molecular complexity index is 1020. The number of carbonyl (C=O) groups is 1. The van der Waals surface area contributed by atoms with Crippen LogP contribution in [0.4, 0.5) is 0 Å². The van der Waals surface area contributed by atoms with Gasteiger partial charge in [0.2, 0.25) is 0 Å². The molecular weight excluding hydrogens is 410 g/mol.